The second-order valence-corrected chi connectivity index (χ2v) is 8.43. The molecule has 2 aromatic rings. The molecule has 3 amide bonds. The van der Waals surface area contributed by atoms with E-state index in [0.29, 0.717) is 41.1 Å². The molecule has 4 rings (SSSR count). The third-order valence-electron chi connectivity index (χ3n) is 6.14. The van der Waals surface area contributed by atoms with Crippen molar-refractivity contribution in [2.75, 3.05) is 31.4 Å². The van der Waals surface area contributed by atoms with Crippen molar-refractivity contribution in [2.24, 2.45) is 0 Å². The second kappa shape index (κ2) is 10.4. The number of amides is 3. The van der Waals surface area contributed by atoms with E-state index in [1.807, 2.05) is 6.07 Å². The van der Waals surface area contributed by atoms with Gasteiger partial charge in [-0.3, -0.25) is 9.59 Å². The van der Waals surface area contributed by atoms with Crippen LogP contribution in [0.3, 0.4) is 0 Å². The van der Waals surface area contributed by atoms with Gasteiger partial charge in [0.15, 0.2) is 0 Å². The highest BCUT2D eigenvalue weighted by molar-refractivity contribution is 6.02. The Morgan fingerprint density at radius 2 is 1.94 bits per heavy atom. The Labute approximate surface area is 202 Å². The first-order chi connectivity index (χ1) is 16.9. The van der Waals surface area contributed by atoms with Crippen LogP contribution in [0.25, 0.3) is 0 Å². The normalized spacial score (nSPS) is 21.2. The van der Waals surface area contributed by atoms with E-state index >= 15 is 0 Å². The number of nitrogens with zero attached hydrogens (tertiary/aromatic N) is 2. The Bertz CT molecular complexity index is 1180. The smallest absolute Gasteiger partial charge is 0.323 e. The highest BCUT2D eigenvalue weighted by atomic mass is 16.5. The van der Waals surface area contributed by atoms with E-state index in [-0.39, 0.29) is 43.2 Å². The third-order valence-corrected chi connectivity index (χ3v) is 6.14. The number of urea groups is 1. The van der Waals surface area contributed by atoms with Crippen molar-refractivity contribution in [3.05, 3.63) is 53.6 Å². The van der Waals surface area contributed by atoms with Crippen molar-refractivity contribution in [2.45, 2.75) is 37.5 Å². The first-order valence-corrected chi connectivity index (χ1v) is 11.2. The fourth-order valence-electron chi connectivity index (χ4n) is 4.33. The van der Waals surface area contributed by atoms with Gasteiger partial charge in [0, 0.05) is 18.4 Å². The SMILES string of the molecule is COC(=O)C[C@H]1CC[C@@H]2[C@@H](COc3ccc(NC(=O)Nc4cccc(C#N)c4)cc3C(=O)N2C)O1. The number of methoxy groups -OCH3 is 1. The van der Waals surface area contributed by atoms with Gasteiger partial charge in [-0.2, -0.15) is 5.26 Å². The van der Waals surface area contributed by atoms with Gasteiger partial charge in [-0.05, 0) is 49.2 Å². The maximum Gasteiger partial charge on any atom is 0.323 e. The molecule has 2 N–H and O–H groups in total. The summed E-state index contributed by atoms with van der Waals surface area (Å²) in [5, 5.41) is 14.4. The molecule has 2 heterocycles. The molecule has 0 aliphatic carbocycles. The summed E-state index contributed by atoms with van der Waals surface area (Å²) < 4.78 is 16.7. The third kappa shape index (κ3) is 5.53. The number of fused-ring (bicyclic) bond motifs is 2. The van der Waals surface area contributed by atoms with Gasteiger partial charge in [0.25, 0.3) is 5.91 Å². The van der Waals surface area contributed by atoms with Crippen LogP contribution in [0.2, 0.25) is 0 Å². The van der Waals surface area contributed by atoms with Crippen molar-refractivity contribution < 1.29 is 28.6 Å². The van der Waals surface area contributed by atoms with Gasteiger partial charge in [-0.1, -0.05) is 6.07 Å². The molecule has 2 aliphatic rings. The van der Waals surface area contributed by atoms with Gasteiger partial charge in [0.05, 0.1) is 42.9 Å². The van der Waals surface area contributed by atoms with Crippen molar-refractivity contribution in [3.8, 4) is 11.8 Å². The second-order valence-electron chi connectivity index (χ2n) is 8.43. The fraction of sp³-hybridized carbons (Fsp3) is 0.360. The number of ether oxygens (including phenoxy) is 3. The Kier molecular flexibility index (Phi) is 7.17. The average Bonchev–Trinajstić information content (AvgIpc) is 2.86. The molecule has 1 saturated heterocycles. The molecule has 3 atom stereocenters. The number of anilines is 2. The summed E-state index contributed by atoms with van der Waals surface area (Å²) in [5.74, 6) is -0.209. The van der Waals surface area contributed by atoms with Gasteiger partial charge in [-0.25, -0.2) is 4.79 Å². The quantitative estimate of drug-likeness (QED) is 0.646. The van der Waals surface area contributed by atoms with Crippen LogP contribution in [0.15, 0.2) is 42.5 Å². The lowest BCUT2D eigenvalue weighted by Gasteiger charge is -2.42. The number of likely N-dealkylation sites (N-methyl/N-ethyl adjacent to an activating group) is 1. The predicted octanol–water partition coefficient (Wildman–Crippen LogP) is 3.15. The van der Waals surface area contributed by atoms with Crippen LogP contribution in [0.1, 0.15) is 35.2 Å². The van der Waals surface area contributed by atoms with Gasteiger partial charge in [0.1, 0.15) is 18.5 Å². The van der Waals surface area contributed by atoms with Crippen LogP contribution >= 0.6 is 0 Å². The number of hydrogen-bond acceptors (Lipinski definition) is 7. The molecule has 0 unspecified atom stereocenters. The fourth-order valence-corrected chi connectivity index (χ4v) is 4.33. The first-order valence-electron chi connectivity index (χ1n) is 11.2. The van der Waals surface area contributed by atoms with Crippen molar-refractivity contribution in [3.63, 3.8) is 0 Å². The number of nitrogens with one attached hydrogen (secondary N) is 2. The van der Waals surface area contributed by atoms with Crippen LogP contribution in [-0.4, -0.2) is 61.8 Å². The zero-order valence-electron chi connectivity index (χ0n) is 19.4. The van der Waals surface area contributed by atoms with Crippen LogP contribution in [0, 0.1) is 11.3 Å². The Morgan fingerprint density at radius 3 is 2.69 bits per heavy atom. The molecule has 10 heteroatoms. The number of hydrogen-bond donors (Lipinski definition) is 2. The summed E-state index contributed by atoms with van der Waals surface area (Å²) in [6, 6.07) is 12.7. The molecular formula is C25H26N4O6. The number of carbonyl (C=O) groups excluding carboxylic acids is 3. The molecular weight excluding hydrogens is 452 g/mol. The summed E-state index contributed by atoms with van der Waals surface area (Å²) in [6.07, 6.45) is 0.776. The van der Waals surface area contributed by atoms with E-state index in [4.69, 9.17) is 19.5 Å². The average molecular weight is 479 g/mol. The lowest BCUT2D eigenvalue weighted by atomic mass is 9.94. The topological polar surface area (TPSA) is 130 Å². The van der Waals surface area contributed by atoms with Crippen molar-refractivity contribution in [1.29, 1.82) is 5.26 Å². The van der Waals surface area contributed by atoms with E-state index in [1.165, 1.54) is 7.11 Å². The predicted molar refractivity (Wildman–Crippen MR) is 126 cm³/mol. The van der Waals surface area contributed by atoms with E-state index in [2.05, 4.69) is 10.6 Å². The van der Waals surface area contributed by atoms with Gasteiger partial charge >= 0.3 is 12.0 Å². The highest BCUT2D eigenvalue weighted by Gasteiger charge is 2.39. The molecule has 2 aliphatic heterocycles. The molecule has 0 spiro atoms. The molecule has 0 aromatic heterocycles. The van der Waals surface area contributed by atoms with Crippen LogP contribution in [0.5, 0.6) is 5.75 Å². The maximum absolute atomic E-state index is 13.3. The number of esters is 1. The zero-order valence-corrected chi connectivity index (χ0v) is 19.4. The lowest BCUT2D eigenvalue weighted by Crippen LogP contribution is -2.53. The molecule has 182 valence electrons. The molecule has 0 bridgehead atoms. The number of carbonyl (C=O) groups is 3. The summed E-state index contributed by atoms with van der Waals surface area (Å²) in [7, 11) is 3.06. The van der Waals surface area contributed by atoms with E-state index in [0.717, 1.165) is 0 Å². The van der Waals surface area contributed by atoms with Gasteiger partial charge in [0.2, 0.25) is 0 Å². The minimum absolute atomic E-state index is 0.159. The summed E-state index contributed by atoms with van der Waals surface area (Å²) in [4.78, 5) is 39.0. The standard InChI is InChI=1S/C25H26N4O6/c1-29-20-8-7-18(12-23(30)33-2)35-22(20)14-34-21-9-6-17(11-19(21)24(29)31)28-25(32)27-16-5-3-4-15(10-16)13-26/h3-6,9-11,18,20,22H,7-8,12,14H2,1-2H3,(H2,27,28,32)/t18-,20-,22-/m1/s1. The van der Waals surface area contributed by atoms with Crippen molar-refractivity contribution >= 4 is 29.3 Å². The first kappa shape index (κ1) is 24.0. The molecule has 10 nitrogen and oxygen atoms in total. The summed E-state index contributed by atoms with van der Waals surface area (Å²) in [6.45, 7) is 0.218. The molecule has 0 saturated carbocycles. The van der Waals surface area contributed by atoms with E-state index in [1.54, 1.807) is 54.4 Å². The largest absolute Gasteiger partial charge is 0.490 e. The number of benzene rings is 2. The van der Waals surface area contributed by atoms with Gasteiger partial charge < -0.3 is 29.7 Å². The molecule has 2 aromatic carbocycles. The Morgan fingerprint density at radius 1 is 1.17 bits per heavy atom. The molecule has 1 fully saturated rings. The van der Waals surface area contributed by atoms with Gasteiger partial charge in [-0.15, -0.1) is 0 Å². The summed E-state index contributed by atoms with van der Waals surface area (Å²) >= 11 is 0. The van der Waals surface area contributed by atoms with Crippen molar-refractivity contribution in [1.82, 2.24) is 4.90 Å². The summed E-state index contributed by atoms with van der Waals surface area (Å²) in [5.41, 5.74) is 1.64. The Hall–Kier alpha value is -4.10. The van der Waals surface area contributed by atoms with Crippen LogP contribution in [0.4, 0.5) is 16.2 Å². The molecule has 0 radical (unpaired) electrons. The van der Waals surface area contributed by atoms with Crippen LogP contribution in [-0.2, 0) is 14.3 Å². The number of nitriles is 1. The Balaban J connectivity index is 1.47. The minimum atomic E-state index is -0.509. The zero-order chi connectivity index (χ0) is 24.9. The van der Waals surface area contributed by atoms with E-state index < -0.39 is 6.03 Å². The van der Waals surface area contributed by atoms with E-state index in [9.17, 15) is 14.4 Å². The minimum Gasteiger partial charge on any atom is -0.490 e. The maximum atomic E-state index is 13.3. The number of rotatable bonds is 4. The lowest BCUT2D eigenvalue weighted by molar-refractivity contribution is -0.151. The van der Waals surface area contributed by atoms with Crippen LogP contribution < -0.4 is 15.4 Å². The molecule has 35 heavy (non-hydrogen) atoms. The highest BCUT2D eigenvalue weighted by Crippen LogP contribution is 2.32. The monoisotopic (exact) mass is 478 g/mol.